The number of ketones is 1. The van der Waals surface area contributed by atoms with Crippen LogP contribution in [0.1, 0.15) is 37.6 Å². The number of nitro benzene ring substituents is 1. The molecule has 138 valence electrons. The molecule has 0 aliphatic carbocycles. The number of anilines is 1. The molecule has 0 radical (unpaired) electrons. The highest BCUT2D eigenvalue weighted by Crippen LogP contribution is 2.26. The van der Waals surface area contributed by atoms with Crippen LogP contribution in [0.15, 0.2) is 18.2 Å². The van der Waals surface area contributed by atoms with Crippen molar-refractivity contribution in [1.82, 2.24) is 4.90 Å². The van der Waals surface area contributed by atoms with Gasteiger partial charge in [-0.1, -0.05) is 13.8 Å². The number of benzene rings is 1. The van der Waals surface area contributed by atoms with Crippen molar-refractivity contribution in [2.75, 3.05) is 38.2 Å². The lowest BCUT2D eigenvalue weighted by molar-refractivity contribution is -0.384. The predicted octanol–water partition coefficient (Wildman–Crippen LogP) is 2.96. The highest BCUT2D eigenvalue weighted by molar-refractivity contribution is 5.95. The highest BCUT2D eigenvalue weighted by atomic mass is 16.6. The second kappa shape index (κ2) is 8.92. The zero-order valence-electron chi connectivity index (χ0n) is 15.2. The molecule has 1 aliphatic rings. The summed E-state index contributed by atoms with van der Waals surface area (Å²) in [5, 5.41) is 14.6. The van der Waals surface area contributed by atoms with E-state index in [2.05, 4.69) is 24.1 Å². The van der Waals surface area contributed by atoms with Crippen LogP contribution in [0, 0.1) is 16.0 Å². The third kappa shape index (κ3) is 5.51. The Morgan fingerprint density at radius 1 is 1.36 bits per heavy atom. The molecule has 0 saturated carbocycles. The van der Waals surface area contributed by atoms with E-state index < -0.39 is 4.92 Å². The van der Waals surface area contributed by atoms with Gasteiger partial charge in [0.25, 0.3) is 5.69 Å². The van der Waals surface area contributed by atoms with Gasteiger partial charge in [-0.25, -0.2) is 0 Å². The second-order valence-corrected chi connectivity index (χ2v) is 6.86. The molecule has 1 atom stereocenters. The van der Waals surface area contributed by atoms with Gasteiger partial charge in [0.2, 0.25) is 0 Å². The van der Waals surface area contributed by atoms with Crippen LogP contribution >= 0.6 is 0 Å². The van der Waals surface area contributed by atoms with Gasteiger partial charge in [0.05, 0.1) is 18.1 Å². The lowest BCUT2D eigenvalue weighted by Gasteiger charge is -2.35. The standard InChI is InChI=1S/C18H27N3O4/c1-13(2)10-16(20-6-8-25-9-7-20)12-19-17-5-4-15(14(3)22)11-18(17)21(23)24/h4-5,11,13,16,19H,6-10,12H2,1-3H3. The summed E-state index contributed by atoms with van der Waals surface area (Å²) in [4.78, 5) is 24.7. The van der Waals surface area contributed by atoms with Gasteiger partial charge >= 0.3 is 0 Å². The minimum absolute atomic E-state index is 0.0574. The zero-order valence-corrected chi connectivity index (χ0v) is 15.2. The Balaban J connectivity index is 2.13. The van der Waals surface area contributed by atoms with Crippen molar-refractivity contribution in [3.63, 3.8) is 0 Å². The van der Waals surface area contributed by atoms with Crippen LogP contribution in [0.4, 0.5) is 11.4 Å². The van der Waals surface area contributed by atoms with Crippen LogP contribution in [0.25, 0.3) is 0 Å². The van der Waals surface area contributed by atoms with Crippen LogP contribution in [0.3, 0.4) is 0 Å². The van der Waals surface area contributed by atoms with Gasteiger partial charge in [0.1, 0.15) is 5.69 Å². The summed E-state index contributed by atoms with van der Waals surface area (Å²) in [6, 6.07) is 4.89. The number of nitrogens with zero attached hydrogens (tertiary/aromatic N) is 2. The average molecular weight is 349 g/mol. The number of nitro groups is 1. The Labute approximate surface area is 148 Å². The second-order valence-electron chi connectivity index (χ2n) is 6.86. The molecule has 1 fully saturated rings. The number of nitrogens with one attached hydrogen (secondary N) is 1. The maximum atomic E-state index is 11.5. The molecule has 1 aromatic carbocycles. The van der Waals surface area contributed by atoms with Gasteiger partial charge < -0.3 is 10.1 Å². The third-order valence-electron chi connectivity index (χ3n) is 4.43. The number of Topliss-reactive ketones (excluding diaryl/α,β-unsaturated/α-hetero) is 1. The van der Waals surface area contributed by atoms with Gasteiger partial charge in [-0.05, 0) is 31.4 Å². The van der Waals surface area contributed by atoms with Crippen molar-refractivity contribution >= 4 is 17.2 Å². The number of carbonyl (C=O) groups is 1. The fourth-order valence-corrected chi connectivity index (χ4v) is 3.13. The summed E-state index contributed by atoms with van der Waals surface area (Å²) in [5.41, 5.74) is 0.749. The maximum absolute atomic E-state index is 11.5. The molecule has 0 aromatic heterocycles. The molecule has 25 heavy (non-hydrogen) atoms. The molecule has 1 aliphatic heterocycles. The first-order chi connectivity index (χ1) is 11.9. The molecule has 1 aromatic rings. The number of carbonyl (C=O) groups excluding carboxylic acids is 1. The minimum atomic E-state index is -0.443. The van der Waals surface area contributed by atoms with E-state index in [-0.39, 0.29) is 17.5 Å². The highest BCUT2D eigenvalue weighted by Gasteiger charge is 2.23. The summed E-state index contributed by atoms with van der Waals surface area (Å²) in [6.07, 6.45) is 1.01. The quantitative estimate of drug-likeness (QED) is 0.441. The van der Waals surface area contributed by atoms with Crippen molar-refractivity contribution in [3.8, 4) is 0 Å². The molecule has 2 rings (SSSR count). The number of hydrogen-bond acceptors (Lipinski definition) is 6. The molecule has 7 nitrogen and oxygen atoms in total. The van der Waals surface area contributed by atoms with E-state index in [0.717, 1.165) is 32.7 Å². The molecule has 1 heterocycles. The Morgan fingerprint density at radius 3 is 2.60 bits per heavy atom. The van der Waals surface area contributed by atoms with Gasteiger partial charge in [-0.3, -0.25) is 19.8 Å². The fraction of sp³-hybridized carbons (Fsp3) is 0.611. The first-order valence-corrected chi connectivity index (χ1v) is 8.73. The molecule has 1 saturated heterocycles. The van der Waals surface area contributed by atoms with Crippen LogP contribution < -0.4 is 5.32 Å². The summed E-state index contributed by atoms with van der Waals surface area (Å²) in [7, 11) is 0. The summed E-state index contributed by atoms with van der Waals surface area (Å²) in [5.74, 6) is 0.352. The van der Waals surface area contributed by atoms with Gasteiger partial charge in [0, 0.05) is 37.3 Å². The van der Waals surface area contributed by atoms with Crippen molar-refractivity contribution in [2.24, 2.45) is 5.92 Å². The molecule has 0 amide bonds. The van der Waals surface area contributed by atoms with Gasteiger partial charge in [-0.2, -0.15) is 0 Å². The van der Waals surface area contributed by atoms with E-state index >= 15 is 0 Å². The molecule has 1 N–H and O–H groups in total. The Morgan fingerprint density at radius 2 is 2.04 bits per heavy atom. The van der Waals surface area contributed by atoms with E-state index in [4.69, 9.17) is 4.74 Å². The van der Waals surface area contributed by atoms with Crippen molar-refractivity contribution in [1.29, 1.82) is 0 Å². The Hall–Kier alpha value is -1.99. The SMILES string of the molecule is CC(=O)c1ccc(NCC(CC(C)C)N2CCOCC2)c([N+](=O)[O-])c1. The van der Waals surface area contributed by atoms with Crippen LogP contribution in [-0.2, 0) is 4.74 Å². The monoisotopic (exact) mass is 349 g/mol. The van der Waals surface area contributed by atoms with E-state index in [0.29, 0.717) is 23.7 Å². The number of morpholine rings is 1. The summed E-state index contributed by atoms with van der Waals surface area (Å²) >= 11 is 0. The first-order valence-electron chi connectivity index (χ1n) is 8.73. The van der Waals surface area contributed by atoms with Crippen molar-refractivity contribution in [2.45, 2.75) is 33.2 Å². The molecule has 0 bridgehead atoms. The van der Waals surface area contributed by atoms with Gasteiger partial charge in [0.15, 0.2) is 5.78 Å². The largest absolute Gasteiger partial charge is 0.379 e. The number of hydrogen-bond donors (Lipinski definition) is 1. The lowest BCUT2D eigenvalue weighted by Crippen LogP contribution is -2.47. The summed E-state index contributed by atoms with van der Waals surface area (Å²) in [6.45, 7) is 9.59. The van der Waals surface area contributed by atoms with Crippen LogP contribution in [0.5, 0.6) is 0 Å². The van der Waals surface area contributed by atoms with Crippen molar-refractivity contribution in [3.05, 3.63) is 33.9 Å². The zero-order chi connectivity index (χ0) is 18.4. The third-order valence-corrected chi connectivity index (χ3v) is 4.43. The average Bonchev–Trinajstić information content (AvgIpc) is 2.58. The molecular weight excluding hydrogens is 322 g/mol. The molecular formula is C18H27N3O4. The molecule has 1 unspecified atom stereocenters. The van der Waals surface area contributed by atoms with Gasteiger partial charge in [-0.15, -0.1) is 0 Å². The van der Waals surface area contributed by atoms with E-state index in [9.17, 15) is 14.9 Å². The Bertz CT molecular complexity index is 612. The Kier molecular flexibility index (Phi) is 6.90. The number of rotatable bonds is 8. The normalized spacial score (nSPS) is 16.6. The first kappa shape index (κ1) is 19.3. The minimum Gasteiger partial charge on any atom is -0.379 e. The fourth-order valence-electron chi connectivity index (χ4n) is 3.13. The molecule has 0 spiro atoms. The smallest absolute Gasteiger partial charge is 0.293 e. The van der Waals surface area contributed by atoms with E-state index in [1.807, 2.05) is 0 Å². The predicted molar refractivity (Wildman–Crippen MR) is 97.2 cm³/mol. The molecule has 7 heteroatoms. The van der Waals surface area contributed by atoms with Crippen LogP contribution in [-0.4, -0.2) is 54.5 Å². The van der Waals surface area contributed by atoms with Crippen molar-refractivity contribution < 1.29 is 14.5 Å². The maximum Gasteiger partial charge on any atom is 0.293 e. The summed E-state index contributed by atoms with van der Waals surface area (Å²) < 4.78 is 5.42. The van der Waals surface area contributed by atoms with Crippen LogP contribution in [0.2, 0.25) is 0 Å². The topological polar surface area (TPSA) is 84.7 Å². The lowest BCUT2D eigenvalue weighted by atomic mass is 10.0. The number of ether oxygens (including phenoxy) is 1. The van der Waals surface area contributed by atoms with E-state index in [1.54, 1.807) is 12.1 Å². The van der Waals surface area contributed by atoms with E-state index in [1.165, 1.54) is 13.0 Å².